The van der Waals surface area contributed by atoms with Gasteiger partial charge in [0.05, 0.1) is 11.6 Å². The molecule has 38 heavy (non-hydrogen) atoms. The van der Waals surface area contributed by atoms with Crippen molar-refractivity contribution in [1.82, 2.24) is 14.9 Å². The molecule has 2 aliphatic rings. The lowest BCUT2D eigenvalue weighted by atomic mass is 9.84. The Morgan fingerprint density at radius 1 is 1.08 bits per heavy atom. The lowest BCUT2D eigenvalue weighted by molar-refractivity contribution is -0.146. The number of nitrogens with one attached hydrogen (secondary N) is 2. The molecular weight excluding hydrogens is 518 g/mol. The summed E-state index contributed by atoms with van der Waals surface area (Å²) in [6, 6.07) is 5.73. The third-order valence-corrected chi connectivity index (χ3v) is 6.93. The van der Waals surface area contributed by atoms with Gasteiger partial charge in [0.1, 0.15) is 29.3 Å². The van der Waals surface area contributed by atoms with E-state index in [0.717, 1.165) is 0 Å². The van der Waals surface area contributed by atoms with Gasteiger partial charge in [-0.2, -0.15) is 0 Å². The molecule has 198 valence electrons. The van der Waals surface area contributed by atoms with Crippen LogP contribution in [0.4, 0.5) is 11.5 Å². The van der Waals surface area contributed by atoms with Crippen LogP contribution in [0, 0.1) is 5.92 Å². The van der Waals surface area contributed by atoms with Gasteiger partial charge in [0.15, 0.2) is 5.58 Å². The highest BCUT2D eigenvalue weighted by Crippen LogP contribution is 2.34. The fraction of sp³-hybridized carbons (Fsp3) is 0.360. The van der Waals surface area contributed by atoms with Crippen molar-refractivity contribution in [3.8, 4) is 0 Å². The molecule has 3 aromatic rings. The fourth-order valence-corrected chi connectivity index (χ4v) is 4.90. The maximum Gasteiger partial charge on any atom is 0.354 e. The minimum absolute atomic E-state index is 0.0231. The number of hydrogen-bond acceptors (Lipinski definition) is 8. The minimum Gasteiger partial charge on any atom is -0.477 e. The number of aromatic nitrogens is 2. The number of carbonyl (C=O) groups excluding carboxylic acids is 3. The smallest absolute Gasteiger partial charge is 0.354 e. The summed E-state index contributed by atoms with van der Waals surface area (Å²) in [5.74, 6) is -2.78. The van der Waals surface area contributed by atoms with Gasteiger partial charge in [0.2, 0.25) is 17.6 Å². The summed E-state index contributed by atoms with van der Waals surface area (Å²) in [5.41, 5.74) is -0.116. The van der Waals surface area contributed by atoms with Gasteiger partial charge in [-0.15, -0.1) is 0 Å². The third kappa shape index (κ3) is 5.31. The van der Waals surface area contributed by atoms with Crippen LogP contribution in [0.25, 0.3) is 11.1 Å². The van der Waals surface area contributed by atoms with Gasteiger partial charge >= 0.3 is 5.97 Å². The average molecular weight is 542 g/mol. The first-order valence-corrected chi connectivity index (χ1v) is 12.5. The number of amides is 3. The molecule has 0 spiro atoms. The molecule has 5 rings (SSSR count). The van der Waals surface area contributed by atoms with Gasteiger partial charge in [-0.3, -0.25) is 14.4 Å². The maximum atomic E-state index is 13.3. The van der Waals surface area contributed by atoms with E-state index in [9.17, 15) is 24.3 Å². The number of carbonyl (C=O) groups is 4. The van der Waals surface area contributed by atoms with Crippen LogP contribution in [0.15, 0.2) is 34.9 Å². The maximum absolute atomic E-state index is 13.3. The van der Waals surface area contributed by atoms with Crippen LogP contribution in [0.2, 0.25) is 5.02 Å². The van der Waals surface area contributed by atoms with E-state index in [1.807, 2.05) is 4.90 Å². The molecule has 0 bridgehead atoms. The second-order valence-corrected chi connectivity index (χ2v) is 9.54. The Balaban J connectivity index is 1.37. The van der Waals surface area contributed by atoms with E-state index in [1.54, 1.807) is 6.07 Å². The number of nitrogens with zero attached hydrogens (tertiary/aromatic N) is 3. The van der Waals surface area contributed by atoms with Gasteiger partial charge in [0, 0.05) is 24.7 Å². The standard InChI is InChI=1S/C25H24ClN5O7/c26-14-3-8-18(27-11-14)29-24(34)22-21(20-17(38-22)7-6-16(28-20)25(35)36)30-23(33)13-1-4-15(5-2-13)31-9-10-37-12-19(31)32/h3,6-8,11,13,15H,1-2,4-5,9-10,12H2,(H,30,33)(H,35,36)(H,27,29,34). The number of rotatable bonds is 6. The number of aromatic carboxylic acids is 1. The number of hydrogen-bond donors (Lipinski definition) is 3. The summed E-state index contributed by atoms with van der Waals surface area (Å²) >= 11 is 5.85. The number of anilines is 2. The molecule has 3 N–H and O–H groups in total. The summed E-state index contributed by atoms with van der Waals surface area (Å²) in [6.07, 6.45) is 3.77. The highest BCUT2D eigenvalue weighted by atomic mass is 35.5. The van der Waals surface area contributed by atoms with E-state index in [-0.39, 0.29) is 64.4 Å². The van der Waals surface area contributed by atoms with Crippen LogP contribution < -0.4 is 10.6 Å². The Kier molecular flexibility index (Phi) is 7.25. The molecule has 2 fully saturated rings. The highest BCUT2D eigenvalue weighted by molar-refractivity contribution is 6.30. The van der Waals surface area contributed by atoms with Crippen molar-refractivity contribution in [3.63, 3.8) is 0 Å². The van der Waals surface area contributed by atoms with E-state index in [1.165, 1.54) is 24.4 Å². The van der Waals surface area contributed by atoms with Crippen LogP contribution in [0.3, 0.4) is 0 Å². The number of fused-ring (bicyclic) bond motifs is 1. The molecule has 13 heteroatoms. The zero-order chi connectivity index (χ0) is 26.8. The molecular formula is C25H24ClN5O7. The van der Waals surface area contributed by atoms with Crippen LogP contribution in [0.1, 0.15) is 46.7 Å². The SMILES string of the molecule is O=C(O)c1ccc2oc(C(=O)Nc3ccc(Cl)cn3)c(NC(=O)C3CCC(N4CCOCC4=O)CC3)c2n1. The second-order valence-electron chi connectivity index (χ2n) is 9.10. The lowest BCUT2D eigenvalue weighted by Gasteiger charge is -2.38. The number of pyridine rings is 2. The number of carboxylic acid groups (broad SMARTS) is 1. The topological polar surface area (TPSA) is 164 Å². The van der Waals surface area contributed by atoms with Crippen molar-refractivity contribution in [2.75, 3.05) is 30.4 Å². The zero-order valence-corrected chi connectivity index (χ0v) is 20.9. The monoisotopic (exact) mass is 541 g/mol. The Hall–Kier alpha value is -4.03. The van der Waals surface area contributed by atoms with Crippen LogP contribution in [0.5, 0.6) is 0 Å². The number of furan rings is 1. The lowest BCUT2D eigenvalue weighted by Crippen LogP contribution is -2.49. The minimum atomic E-state index is -1.27. The molecule has 4 heterocycles. The van der Waals surface area contributed by atoms with Gasteiger partial charge < -0.3 is 29.8 Å². The highest BCUT2D eigenvalue weighted by Gasteiger charge is 2.34. The first-order chi connectivity index (χ1) is 18.3. The molecule has 0 aromatic carbocycles. The molecule has 1 saturated carbocycles. The fourth-order valence-electron chi connectivity index (χ4n) is 4.79. The summed E-state index contributed by atoms with van der Waals surface area (Å²) < 4.78 is 10.9. The molecule has 0 atom stereocenters. The molecule has 3 amide bonds. The molecule has 1 aliphatic carbocycles. The van der Waals surface area contributed by atoms with Crippen molar-refractivity contribution in [3.05, 3.63) is 46.9 Å². The number of morpholine rings is 1. The van der Waals surface area contributed by atoms with E-state index in [2.05, 4.69) is 20.6 Å². The molecule has 12 nitrogen and oxygen atoms in total. The predicted octanol–water partition coefficient (Wildman–Crippen LogP) is 3.18. The summed E-state index contributed by atoms with van der Waals surface area (Å²) in [5, 5.41) is 15.1. The quantitative estimate of drug-likeness (QED) is 0.425. The molecule has 0 radical (unpaired) electrons. The Labute approximate surface area is 221 Å². The van der Waals surface area contributed by atoms with Crippen molar-refractivity contribution in [1.29, 1.82) is 0 Å². The Bertz CT molecular complexity index is 1400. The summed E-state index contributed by atoms with van der Waals surface area (Å²) in [4.78, 5) is 60.0. The molecule has 0 unspecified atom stereocenters. The first-order valence-electron chi connectivity index (χ1n) is 12.1. The van der Waals surface area contributed by atoms with Gasteiger partial charge in [-0.05, 0) is 49.9 Å². The second kappa shape index (κ2) is 10.8. The molecule has 1 aliphatic heterocycles. The first kappa shape index (κ1) is 25.6. The molecule has 1 saturated heterocycles. The third-order valence-electron chi connectivity index (χ3n) is 6.71. The van der Waals surface area contributed by atoms with Gasteiger partial charge in [-0.1, -0.05) is 11.6 Å². The van der Waals surface area contributed by atoms with E-state index >= 15 is 0 Å². The van der Waals surface area contributed by atoms with Crippen molar-refractivity contribution in [2.45, 2.75) is 31.7 Å². The largest absolute Gasteiger partial charge is 0.477 e. The normalized spacial score (nSPS) is 19.8. The Morgan fingerprint density at radius 2 is 1.87 bits per heavy atom. The van der Waals surface area contributed by atoms with Crippen LogP contribution in [-0.4, -0.2) is 69.5 Å². The number of carboxylic acids is 1. The van der Waals surface area contributed by atoms with E-state index < -0.39 is 11.9 Å². The average Bonchev–Trinajstić information content (AvgIpc) is 3.28. The van der Waals surface area contributed by atoms with Gasteiger partial charge in [-0.25, -0.2) is 14.8 Å². The van der Waals surface area contributed by atoms with Crippen LogP contribution in [-0.2, 0) is 14.3 Å². The van der Waals surface area contributed by atoms with Crippen molar-refractivity contribution < 1.29 is 33.4 Å². The van der Waals surface area contributed by atoms with E-state index in [4.69, 9.17) is 20.8 Å². The summed E-state index contributed by atoms with van der Waals surface area (Å²) in [7, 11) is 0. The van der Waals surface area contributed by atoms with Crippen molar-refractivity contribution >= 4 is 57.9 Å². The number of halogens is 1. The van der Waals surface area contributed by atoms with Crippen molar-refractivity contribution in [2.24, 2.45) is 5.92 Å². The predicted molar refractivity (Wildman–Crippen MR) is 135 cm³/mol. The van der Waals surface area contributed by atoms with E-state index in [0.29, 0.717) is 43.9 Å². The van der Waals surface area contributed by atoms with Crippen LogP contribution >= 0.6 is 11.6 Å². The Morgan fingerprint density at radius 3 is 2.55 bits per heavy atom. The van der Waals surface area contributed by atoms with Gasteiger partial charge in [0.25, 0.3) is 5.91 Å². The molecule has 3 aromatic heterocycles. The zero-order valence-electron chi connectivity index (χ0n) is 20.1. The number of ether oxygens (including phenoxy) is 1. The summed E-state index contributed by atoms with van der Waals surface area (Å²) in [6.45, 7) is 1.12.